The van der Waals surface area contributed by atoms with E-state index in [0.29, 0.717) is 18.0 Å². The normalized spacial score (nSPS) is 10.2. The van der Waals surface area contributed by atoms with Gasteiger partial charge in [-0.05, 0) is 31.2 Å². The Morgan fingerprint density at radius 2 is 1.95 bits per heavy atom. The number of nitrogens with one attached hydrogen (secondary N) is 1. The van der Waals surface area contributed by atoms with E-state index in [1.165, 1.54) is 0 Å². The minimum absolute atomic E-state index is 0.176. The van der Waals surface area contributed by atoms with Gasteiger partial charge in [0.05, 0.1) is 26.5 Å². The molecular formula is C15H18N2O3. The molecule has 0 bridgehead atoms. The fourth-order valence-electron chi connectivity index (χ4n) is 1.86. The molecule has 0 aliphatic carbocycles. The number of anilines is 1. The van der Waals surface area contributed by atoms with Crippen LogP contribution in [0.1, 0.15) is 11.4 Å². The average molecular weight is 274 g/mol. The number of aromatic hydroxyl groups is 1. The maximum absolute atomic E-state index is 9.77. The van der Waals surface area contributed by atoms with E-state index in [4.69, 9.17) is 9.47 Å². The van der Waals surface area contributed by atoms with Crippen molar-refractivity contribution in [2.24, 2.45) is 0 Å². The fraction of sp³-hybridized carbons (Fsp3) is 0.267. The predicted molar refractivity (Wildman–Crippen MR) is 77.5 cm³/mol. The largest absolute Gasteiger partial charge is 0.506 e. The van der Waals surface area contributed by atoms with Crippen molar-refractivity contribution in [2.75, 3.05) is 19.5 Å². The van der Waals surface area contributed by atoms with Crippen molar-refractivity contribution in [1.82, 2.24) is 4.98 Å². The van der Waals surface area contributed by atoms with Gasteiger partial charge in [-0.25, -0.2) is 0 Å². The van der Waals surface area contributed by atoms with E-state index in [1.54, 1.807) is 32.4 Å². The molecule has 0 amide bonds. The van der Waals surface area contributed by atoms with Crippen LogP contribution < -0.4 is 14.8 Å². The Morgan fingerprint density at radius 3 is 2.65 bits per heavy atom. The van der Waals surface area contributed by atoms with Crippen molar-refractivity contribution in [3.8, 4) is 17.2 Å². The van der Waals surface area contributed by atoms with Crippen molar-refractivity contribution in [3.63, 3.8) is 0 Å². The highest BCUT2D eigenvalue weighted by Crippen LogP contribution is 2.29. The van der Waals surface area contributed by atoms with Crippen molar-refractivity contribution < 1.29 is 14.6 Å². The third kappa shape index (κ3) is 3.12. The van der Waals surface area contributed by atoms with Gasteiger partial charge in [0, 0.05) is 11.8 Å². The SMILES string of the molecule is COc1ccc(NCc2nc(C)ccc2O)c(OC)c1. The number of benzene rings is 1. The topological polar surface area (TPSA) is 63.6 Å². The molecule has 1 heterocycles. The van der Waals surface area contributed by atoms with E-state index >= 15 is 0 Å². The molecule has 0 saturated heterocycles. The summed E-state index contributed by atoms with van der Waals surface area (Å²) in [6.45, 7) is 2.30. The molecule has 2 N–H and O–H groups in total. The van der Waals surface area contributed by atoms with Crippen molar-refractivity contribution >= 4 is 5.69 Å². The lowest BCUT2D eigenvalue weighted by Gasteiger charge is -2.13. The molecule has 0 atom stereocenters. The first-order valence-electron chi connectivity index (χ1n) is 6.25. The molecule has 0 radical (unpaired) electrons. The van der Waals surface area contributed by atoms with Gasteiger partial charge in [0.1, 0.15) is 22.9 Å². The zero-order valence-electron chi connectivity index (χ0n) is 11.8. The lowest BCUT2D eigenvalue weighted by Crippen LogP contribution is -2.04. The van der Waals surface area contributed by atoms with Crippen LogP contribution in [0.5, 0.6) is 17.2 Å². The number of nitrogens with zero attached hydrogens (tertiary/aromatic N) is 1. The van der Waals surface area contributed by atoms with Crippen LogP contribution in [0, 0.1) is 6.92 Å². The second-order valence-electron chi connectivity index (χ2n) is 4.34. The van der Waals surface area contributed by atoms with E-state index in [-0.39, 0.29) is 5.75 Å². The zero-order valence-corrected chi connectivity index (χ0v) is 11.8. The van der Waals surface area contributed by atoms with Gasteiger partial charge in [-0.2, -0.15) is 0 Å². The highest BCUT2D eigenvalue weighted by atomic mass is 16.5. The molecular weight excluding hydrogens is 256 g/mol. The van der Waals surface area contributed by atoms with E-state index in [0.717, 1.165) is 17.1 Å². The van der Waals surface area contributed by atoms with E-state index in [1.807, 2.05) is 19.1 Å². The molecule has 2 rings (SSSR count). The van der Waals surface area contributed by atoms with Gasteiger partial charge in [0.2, 0.25) is 0 Å². The molecule has 106 valence electrons. The summed E-state index contributed by atoms with van der Waals surface area (Å²) in [4.78, 5) is 4.30. The van der Waals surface area contributed by atoms with Crippen molar-refractivity contribution in [3.05, 3.63) is 41.7 Å². The van der Waals surface area contributed by atoms with Crippen LogP contribution in [0.4, 0.5) is 5.69 Å². The molecule has 2 aromatic rings. The third-order valence-corrected chi connectivity index (χ3v) is 2.94. The predicted octanol–water partition coefficient (Wildman–Crippen LogP) is 2.72. The number of methoxy groups -OCH3 is 2. The van der Waals surface area contributed by atoms with Crippen LogP contribution in [0.2, 0.25) is 0 Å². The lowest BCUT2D eigenvalue weighted by molar-refractivity contribution is 0.395. The molecule has 1 aromatic heterocycles. The molecule has 0 aliphatic rings. The molecule has 0 unspecified atom stereocenters. The monoisotopic (exact) mass is 274 g/mol. The van der Waals surface area contributed by atoms with E-state index < -0.39 is 0 Å². The van der Waals surface area contributed by atoms with Crippen LogP contribution in [0.3, 0.4) is 0 Å². The first kappa shape index (κ1) is 14.0. The molecule has 0 saturated carbocycles. The molecule has 0 aliphatic heterocycles. The summed E-state index contributed by atoms with van der Waals surface area (Å²) in [6, 6.07) is 8.92. The lowest BCUT2D eigenvalue weighted by atomic mass is 10.2. The Kier molecular flexibility index (Phi) is 4.30. The molecule has 5 heteroatoms. The highest BCUT2D eigenvalue weighted by Gasteiger charge is 2.07. The summed E-state index contributed by atoms with van der Waals surface area (Å²) in [5.74, 6) is 1.58. The minimum Gasteiger partial charge on any atom is -0.506 e. The molecule has 5 nitrogen and oxygen atoms in total. The van der Waals surface area contributed by atoms with Crippen LogP contribution in [0.25, 0.3) is 0 Å². The van der Waals surface area contributed by atoms with Crippen molar-refractivity contribution in [2.45, 2.75) is 13.5 Å². The minimum atomic E-state index is 0.176. The summed E-state index contributed by atoms with van der Waals surface area (Å²) in [7, 11) is 3.21. The first-order chi connectivity index (χ1) is 9.63. The number of rotatable bonds is 5. The number of aryl methyl sites for hydroxylation is 1. The number of aromatic nitrogens is 1. The van der Waals surface area contributed by atoms with Gasteiger partial charge in [-0.3, -0.25) is 4.98 Å². The Labute approximate surface area is 118 Å². The molecule has 20 heavy (non-hydrogen) atoms. The Bertz CT molecular complexity index is 600. The Balaban J connectivity index is 2.16. The van der Waals surface area contributed by atoms with Crippen molar-refractivity contribution in [1.29, 1.82) is 0 Å². The van der Waals surface area contributed by atoms with Crippen LogP contribution >= 0.6 is 0 Å². The van der Waals surface area contributed by atoms with Crippen LogP contribution in [-0.2, 0) is 6.54 Å². The number of hydrogen-bond donors (Lipinski definition) is 2. The van der Waals surface area contributed by atoms with Gasteiger partial charge in [0.15, 0.2) is 0 Å². The first-order valence-corrected chi connectivity index (χ1v) is 6.25. The van der Waals surface area contributed by atoms with E-state index in [9.17, 15) is 5.11 Å². The van der Waals surface area contributed by atoms with Gasteiger partial charge in [-0.15, -0.1) is 0 Å². The highest BCUT2D eigenvalue weighted by molar-refractivity contribution is 5.59. The average Bonchev–Trinajstić information content (AvgIpc) is 2.48. The summed E-state index contributed by atoms with van der Waals surface area (Å²) in [5.41, 5.74) is 2.28. The molecule has 1 aromatic carbocycles. The smallest absolute Gasteiger partial charge is 0.145 e. The second-order valence-corrected chi connectivity index (χ2v) is 4.34. The van der Waals surface area contributed by atoms with E-state index in [2.05, 4.69) is 10.3 Å². The quantitative estimate of drug-likeness (QED) is 0.877. The second kappa shape index (κ2) is 6.14. The summed E-state index contributed by atoms with van der Waals surface area (Å²) >= 11 is 0. The van der Waals surface area contributed by atoms with Gasteiger partial charge < -0.3 is 19.9 Å². The number of ether oxygens (including phenoxy) is 2. The van der Waals surface area contributed by atoms with Crippen LogP contribution in [0.15, 0.2) is 30.3 Å². The maximum Gasteiger partial charge on any atom is 0.145 e. The summed E-state index contributed by atoms with van der Waals surface area (Å²) in [6.07, 6.45) is 0. The fourth-order valence-corrected chi connectivity index (χ4v) is 1.86. The maximum atomic E-state index is 9.77. The molecule has 0 fully saturated rings. The van der Waals surface area contributed by atoms with Gasteiger partial charge >= 0.3 is 0 Å². The molecule has 0 spiro atoms. The standard InChI is InChI=1S/C15H18N2O3/c1-10-4-7-14(18)13(17-10)9-16-12-6-5-11(19-2)8-15(12)20-3/h4-8,16,18H,9H2,1-3H3. The third-order valence-electron chi connectivity index (χ3n) is 2.94. The summed E-state index contributed by atoms with van der Waals surface area (Å²) < 4.78 is 10.5. The van der Waals surface area contributed by atoms with Gasteiger partial charge in [0.25, 0.3) is 0 Å². The summed E-state index contributed by atoms with van der Waals surface area (Å²) in [5, 5.41) is 13.0. The Morgan fingerprint density at radius 1 is 1.15 bits per heavy atom. The van der Waals surface area contributed by atoms with Gasteiger partial charge in [-0.1, -0.05) is 0 Å². The zero-order chi connectivity index (χ0) is 14.5. The number of hydrogen-bond acceptors (Lipinski definition) is 5. The number of pyridine rings is 1. The van der Waals surface area contributed by atoms with Crippen LogP contribution in [-0.4, -0.2) is 24.3 Å². The Hall–Kier alpha value is -2.43.